The molecule has 214 valence electrons. The molecule has 10 heteroatoms. The normalized spacial score (nSPS) is 15.0. The SMILES string of the molecule is Cc1cc(C)cc(N(CCCC(=O)N(Cc2ccc(Cl)cc2Cl)C(C)C(=O)NC2CCCCC2)S(C)(=O)=O)c1. The summed E-state index contributed by atoms with van der Waals surface area (Å²) < 4.78 is 26.6. The van der Waals surface area contributed by atoms with Crippen LogP contribution in [0.4, 0.5) is 5.69 Å². The zero-order valence-corrected chi connectivity index (χ0v) is 25.5. The van der Waals surface area contributed by atoms with Crippen LogP contribution < -0.4 is 9.62 Å². The van der Waals surface area contributed by atoms with E-state index in [1.54, 1.807) is 25.1 Å². The number of carbonyl (C=O) groups excluding carboxylic acids is 2. The van der Waals surface area contributed by atoms with Gasteiger partial charge in [-0.05, 0) is 81.0 Å². The smallest absolute Gasteiger partial charge is 0.242 e. The van der Waals surface area contributed by atoms with Crippen molar-refractivity contribution >= 4 is 50.7 Å². The van der Waals surface area contributed by atoms with E-state index in [2.05, 4.69) is 5.32 Å². The summed E-state index contributed by atoms with van der Waals surface area (Å²) in [5.41, 5.74) is 3.17. The maximum absolute atomic E-state index is 13.5. The van der Waals surface area contributed by atoms with Crippen molar-refractivity contribution in [2.75, 3.05) is 17.1 Å². The molecular formula is C29H39Cl2N3O4S. The van der Waals surface area contributed by atoms with E-state index in [0.717, 1.165) is 36.8 Å². The predicted molar refractivity (Wildman–Crippen MR) is 159 cm³/mol. The molecule has 0 spiro atoms. The summed E-state index contributed by atoms with van der Waals surface area (Å²) in [7, 11) is -3.56. The fraction of sp³-hybridized carbons (Fsp3) is 0.517. The first-order chi connectivity index (χ1) is 18.3. The van der Waals surface area contributed by atoms with Gasteiger partial charge in [0.15, 0.2) is 0 Å². The fourth-order valence-electron chi connectivity index (χ4n) is 5.08. The lowest BCUT2D eigenvalue weighted by Gasteiger charge is -2.32. The molecule has 2 aromatic rings. The number of nitrogens with one attached hydrogen (secondary N) is 1. The molecule has 2 aromatic carbocycles. The van der Waals surface area contributed by atoms with Crippen LogP contribution in [0, 0.1) is 13.8 Å². The van der Waals surface area contributed by atoms with E-state index in [9.17, 15) is 18.0 Å². The number of rotatable bonds is 11. The Morgan fingerprint density at radius 3 is 2.26 bits per heavy atom. The zero-order valence-electron chi connectivity index (χ0n) is 23.2. The van der Waals surface area contributed by atoms with Crippen molar-refractivity contribution in [2.45, 2.75) is 84.3 Å². The Hall–Kier alpha value is -2.29. The first-order valence-electron chi connectivity index (χ1n) is 13.4. The van der Waals surface area contributed by atoms with Crippen LogP contribution in [-0.2, 0) is 26.2 Å². The monoisotopic (exact) mass is 595 g/mol. The topological polar surface area (TPSA) is 86.8 Å². The molecule has 1 fully saturated rings. The number of benzene rings is 2. The van der Waals surface area contributed by atoms with E-state index < -0.39 is 16.1 Å². The molecule has 0 bridgehead atoms. The summed E-state index contributed by atoms with van der Waals surface area (Å²) in [6.45, 7) is 5.84. The van der Waals surface area contributed by atoms with Gasteiger partial charge in [-0.25, -0.2) is 8.42 Å². The third-order valence-electron chi connectivity index (χ3n) is 7.12. The number of carbonyl (C=O) groups is 2. The van der Waals surface area contributed by atoms with Crippen molar-refractivity contribution in [2.24, 2.45) is 0 Å². The molecule has 2 amide bonds. The van der Waals surface area contributed by atoms with Gasteiger partial charge in [0.05, 0.1) is 11.9 Å². The Morgan fingerprint density at radius 2 is 1.67 bits per heavy atom. The second kappa shape index (κ2) is 13.9. The third kappa shape index (κ3) is 9.12. The van der Waals surface area contributed by atoms with Crippen LogP contribution in [0.1, 0.15) is 68.6 Å². The van der Waals surface area contributed by atoms with Crippen molar-refractivity contribution in [1.82, 2.24) is 10.2 Å². The first-order valence-corrected chi connectivity index (χ1v) is 16.1. The van der Waals surface area contributed by atoms with E-state index in [0.29, 0.717) is 27.7 Å². The van der Waals surface area contributed by atoms with Gasteiger partial charge in [-0.2, -0.15) is 0 Å². The molecule has 1 aliphatic carbocycles. The summed E-state index contributed by atoms with van der Waals surface area (Å²) in [6, 6.07) is 10.1. The molecule has 0 aliphatic heterocycles. The average Bonchev–Trinajstić information content (AvgIpc) is 2.85. The minimum atomic E-state index is -3.56. The Bertz CT molecular complexity index is 1260. The number of anilines is 1. The Morgan fingerprint density at radius 1 is 1.03 bits per heavy atom. The maximum Gasteiger partial charge on any atom is 0.242 e. The highest BCUT2D eigenvalue weighted by Crippen LogP contribution is 2.25. The van der Waals surface area contributed by atoms with Gasteiger partial charge in [0.2, 0.25) is 21.8 Å². The fourth-order valence-corrected chi connectivity index (χ4v) is 6.50. The molecule has 1 aliphatic rings. The number of amides is 2. The number of sulfonamides is 1. The van der Waals surface area contributed by atoms with E-state index in [4.69, 9.17) is 23.2 Å². The highest BCUT2D eigenvalue weighted by Gasteiger charge is 2.29. The lowest BCUT2D eigenvalue weighted by molar-refractivity contribution is -0.141. The molecule has 0 saturated heterocycles. The number of hydrogen-bond donors (Lipinski definition) is 1. The van der Waals surface area contributed by atoms with Gasteiger partial charge < -0.3 is 10.2 Å². The van der Waals surface area contributed by atoms with E-state index >= 15 is 0 Å². The van der Waals surface area contributed by atoms with E-state index in [1.807, 2.05) is 32.0 Å². The quantitative estimate of drug-likeness (QED) is 0.344. The molecule has 0 heterocycles. The molecule has 1 N–H and O–H groups in total. The minimum absolute atomic E-state index is 0.0725. The van der Waals surface area contributed by atoms with Crippen LogP contribution in [0.3, 0.4) is 0 Å². The number of halogens is 2. The zero-order chi connectivity index (χ0) is 28.7. The largest absolute Gasteiger partial charge is 0.352 e. The average molecular weight is 597 g/mol. The lowest BCUT2D eigenvalue weighted by atomic mass is 9.95. The van der Waals surface area contributed by atoms with Gasteiger partial charge in [0.25, 0.3) is 0 Å². The van der Waals surface area contributed by atoms with Crippen LogP contribution in [0.2, 0.25) is 10.0 Å². The van der Waals surface area contributed by atoms with Crippen LogP contribution in [0.15, 0.2) is 36.4 Å². The predicted octanol–water partition coefficient (Wildman–Crippen LogP) is 6.02. The van der Waals surface area contributed by atoms with Gasteiger partial charge in [-0.15, -0.1) is 0 Å². The Balaban J connectivity index is 1.76. The second-order valence-corrected chi connectivity index (χ2v) is 13.3. The van der Waals surface area contributed by atoms with Crippen molar-refractivity contribution in [3.05, 3.63) is 63.1 Å². The van der Waals surface area contributed by atoms with Crippen molar-refractivity contribution in [3.63, 3.8) is 0 Å². The molecule has 1 unspecified atom stereocenters. The highest BCUT2D eigenvalue weighted by molar-refractivity contribution is 7.92. The molecule has 1 atom stereocenters. The van der Waals surface area contributed by atoms with E-state index in [-0.39, 0.29) is 37.4 Å². The van der Waals surface area contributed by atoms with Gasteiger partial charge in [0, 0.05) is 35.6 Å². The summed E-state index contributed by atoms with van der Waals surface area (Å²) in [6.07, 6.45) is 6.75. The van der Waals surface area contributed by atoms with Crippen molar-refractivity contribution in [1.29, 1.82) is 0 Å². The Labute approximate surface area is 242 Å². The number of aryl methyl sites for hydroxylation is 2. The first kappa shape index (κ1) is 31.2. The molecule has 7 nitrogen and oxygen atoms in total. The standard InChI is InChI=1S/C29H39Cl2N3O4S/c1-20-15-21(2)17-26(16-20)34(39(4,37)38)14-8-11-28(35)33(19-23-12-13-24(30)18-27(23)31)22(3)29(36)32-25-9-6-5-7-10-25/h12-13,15-18,22,25H,5-11,14,19H2,1-4H3,(H,32,36). The summed E-state index contributed by atoms with van der Waals surface area (Å²) in [5, 5.41) is 4.01. The number of hydrogen-bond acceptors (Lipinski definition) is 4. The van der Waals surface area contributed by atoms with Crippen LogP contribution in [0.5, 0.6) is 0 Å². The molecule has 0 radical (unpaired) electrons. The summed E-state index contributed by atoms with van der Waals surface area (Å²) >= 11 is 12.5. The molecular weight excluding hydrogens is 557 g/mol. The van der Waals surface area contributed by atoms with Crippen molar-refractivity contribution in [3.8, 4) is 0 Å². The van der Waals surface area contributed by atoms with E-state index in [1.165, 1.54) is 21.9 Å². The highest BCUT2D eigenvalue weighted by atomic mass is 35.5. The molecule has 1 saturated carbocycles. The third-order valence-corrected chi connectivity index (χ3v) is 8.90. The number of nitrogens with zero attached hydrogens (tertiary/aromatic N) is 2. The molecule has 0 aromatic heterocycles. The summed E-state index contributed by atoms with van der Waals surface area (Å²) in [4.78, 5) is 28.3. The van der Waals surface area contributed by atoms with Gasteiger partial charge in [-0.1, -0.05) is 54.6 Å². The minimum Gasteiger partial charge on any atom is -0.352 e. The van der Waals surface area contributed by atoms with Gasteiger partial charge in [-0.3, -0.25) is 13.9 Å². The van der Waals surface area contributed by atoms with Gasteiger partial charge in [0.1, 0.15) is 6.04 Å². The summed E-state index contributed by atoms with van der Waals surface area (Å²) in [5.74, 6) is -0.450. The van der Waals surface area contributed by atoms with Crippen LogP contribution >= 0.6 is 23.2 Å². The Kier molecular flexibility index (Phi) is 11.1. The van der Waals surface area contributed by atoms with Crippen LogP contribution in [-0.4, -0.2) is 50.0 Å². The lowest BCUT2D eigenvalue weighted by Crippen LogP contribution is -2.50. The van der Waals surface area contributed by atoms with Crippen molar-refractivity contribution < 1.29 is 18.0 Å². The maximum atomic E-state index is 13.5. The second-order valence-electron chi connectivity index (χ2n) is 10.6. The van der Waals surface area contributed by atoms with Gasteiger partial charge >= 0.3 is 0 Å². The molecule has 39 heavy (non-hydrogen) atoms. The van der Waals surface area contributed by atoms with Crippen LogP contribution in [0.25, 0.3) is 0 Å². The molecule has 3 rings (SSSR count).